The molecule has 2 aromatic heterocycles. The zero-order chi connectivity index (χ0) is 19.9. The molecule has 3 heterocycles. The molecule has 1 amide bonds. The molecule has 8 nitrogen and oxygen atoms in total. The molecule has 0 bridgehead atoms. The number of carbonyl (C=O) groups excluding carboxylic acids is 1. The van der Waals surface area contributed by atoms with Gasteiger partial charge in [-0.2, -0.15) is 14.8 Å². The molecule has 1 saturated heterocycles. The van der Waals surface area contributed by atoms with E-state index >= 15 is 0 Å². The fourth-order valence-electron chi connectivity index (χ4n) is 3.49. The number of carbonyl (C=O) groups is 1. The number of hydrogen-bond donors (Lipinski definition) is 0. The summed E-state index contributed by atoms with van der Waals surface area (Å²) in [6, 6.07) is 7.97. The van der Waals surface area contributed by atoms with Crippen LogP contribution >= 0.6 is 0 Å². The van der Waals surface area contributed by atoms with Gasteiger partial charge in [0.15, 0.2) is 0 Å². The number of nitrogens with zero attached hydrogens (tertiary/aromatic N) is 5. The van der Waals surface area contributed by atoms with Crippen LogP contribution in [0.1, 0.15) is 51.1 Å². The zero-order valence-electron chi connectivity index (χ0n) is 16.7. The molecule has 1 aliphatic rings. The summed E-state index contributed by atoms with van der Waals surface area (Å²) in [6.45, 7) is 8.81. The van der Waals surface area contributed by atoms with E-state index in [2.05, 4.69) is 15.2 Å². The largest absolute Gasteiger partial charge is 0.444 e. The second-order valence-corrected chi connectivity index (χ2v) is 8.19. The van der Waals surface area contributed by atoms with Gasteiger partial charge in [0.05, 0.1) is 11.2 Å². The lowest BCUT2D eigenvalue weighted by atomic mass is 9.97. The van der Waals surface area contributed by atoms with E-state index in [1.807, 2.05) is 52.0 Å². The average molecular weight is 383 g/mol. The lowest BCUT2D eigenvalue weighted by Crippen LogP contribution is -2.41. The van der Waals surface area contributed by atoms with Crippen LogP contribution in [0.25, 0.3) is 16.9 Å². The van der Waals surface area contributed by atoms with Crippen LogP contribution in [0, 0.1) is 6.92 Å². The number of para-hydroxylation sites is 1. The fourth-order valence-corrected chi connectivity index (χ4v) is 3.49. The summed E-state index contributed by atoms with van der Waals surface area (Å²) >= 11 is 0. The first-order valence-electron chi connectivity index (χ1n) is 9.58. The monoisotopic (exact) mass is 383 g/mol. The van der Waals surface area contributed by atoms with Gasteiger partial charge in [-0.1, -0.05) is 18.2 Å². The Kier molecular flexibility index (Phi) is 4.56. The highest BCUT2D eigenvalue weighted by Crippen LogP contribution is 2.29. The summed E-state index contributed by atoms with van der Waals surface area (Å²) in [5, 5.41) is 9.76. The first kappa shape index (κ1) is 18.5. The van der Waals surface area contributed by atoms with Crippen LogP contribution in [0.15, 0.2) is 28.8 Å². The molecular formula is C20H25N5O3. The van der Waals surface area contributed by atoms with Gasteiger partial charge in [-0.25, -0.2) is 4.79 Å². The maximum absolute atomic E-state index is 12.2. The van der Waals surface area contributed by atoms with Crippen molar-refractivity contribution in [1.82, 2.24) is 24.8 Å². The molecule has 1 aromatic carbocycles. The lowest BCUT2D eigenvalue weighted by Gasteiger charge is -2.32. The van der Waals surface area contributed by atoms with Gasteiger partial charge < -0.3 is 14.2 Å². The molecule has 0 unspecified atom stereocenters. The van der Waals surface area contributed by atoms with Gasteiger partial charge in [0, 0.05) is 24.4 Å². The summed E-state index contributed by atoms with van der Waals surface area (Å²) in [6.07, 6.45) is 1.26. The van der Waals surface area contributed by atoms with Crippen LogP contribution in [0.3, 0.4) is 0 Å². The molecule has 28 heavy (non-hydrogen) atoms. The van der Waals surface area contributed by atoms with E-state index in [0.29, 0.717) is 24.9 Å². The molecule has 0 aliphatic carbocycles. The number of aromatic nitrogens is 4. The third kappa shape index (κ3) is 3.58. The molecule has 0 atom stereocenters. The first-order valence-corrected chi connectivity index (χ1v) is 9.58. The molecule has 0 radical (unpaired) electrons. The minimum atomic E-state index is -0.486. The molecule has 0 saturated carbocycles. The van der Waals surface area contributed by atoms with E-state index in [1.165, 1.54) is 0 Å². The van der Waals surface area contributed by atoms with Gasteiger partial charge in [-0.3, -0.25) is 0 Å². The molecule has 148 valence electrons. The topological polar surface area (TPSA) is 86.3 Å². The first-order chi connectivity index (χ1) is 13.3. The van der Waals surface area contributed by atoms with Crippen molar-refractivity contribution >= 4 is 17.0 Å². The summed E-state index contributed by atoms with van der Waals surface area (Å²) in [5.41, 5.74) is 1.39. The summed E-state index contributed by atoms with van der Waals surface area (Å²) < 4.78 is 12.7. The van der Waals surface area contributed by atoms with Crippen LogP contribution in [0.5, 0.6) is 0 Å². The van der Waals surface area contributed by atoms with Crippen molar-refractivity contribution in [2.45, 2.75) is 52.1 Å². The smallest absolute Gasteiger partial charge is 0.410 e. The van der Waals surface area contributed by atoms with E-state index in [1.54, 1.807) is 9.58 Å². The molecule has 0 spiro atoms. The Morgan fingerprint density at radius 3 is 2.64 bits per heavy atom. The highest BCUT2D eigenvalue weighted by molar-refractivity contribution is 5.82. The van der Waals surface area contributed by atoms with E-state index in [-0.39, 0.29) is 12.0 Å². The van der Waals surface area contributed by atoms with Crippen molar-refractivity contribution in [3.05, 3.63) is 35.9 Å². The lowest BCUT2D eigenvalue weighted by molar-refractivity contribution is 0.0198. The molecule has 4 rings (SSSR count). The van der Waals surface area contributed by atoms with Crippen molar-refractivity contribution in [3.63, 3.8) is 0 Å². The number of amides is 1. The Labute approximate surface area is 163 Å². The van der Waals surface area contributed by atoms with Gasteiger partial charge in [0.1, 0.15) is 5.60 Å². The Bertz CT molecular complexity index is 993. The van der Waals surface area contributed by atoms with Crippen LogP contribution in [-0.2, 0) is 4.74 Å². The third-order valence-electron chi connectivity index (χ3n) is 4.89. The Morgan fingerprint density at radius 1 is 1.21 bits per heavy atom. The minimum absolute atomic E-state index is 0.128. The summed E-state index contributed by atoms with van der Waals surface area (Å²) in [4.78, 5) is 18.5. The number of ether oxygens (including phenoxy) is 1. The van der Waals surface area contributed by atoms with Crippen LogP contribution in [0.2, 0.25) is 0 Å². The maximum atomic E-state index is 12.2. The van der Waals surface area contributed by atoms with E-state index < -0.39 is 5.60 Å². The molecule has 0 N–H and O–H groups in total. The van der Waals surface area contributed by atoms with Gasteiger partial charge in [0.25, 0.3) is 5.95 Å². The summed E-state index contributed by atoms with van der Waals surface area (Å²) in [7, 11) is 0. The van der Waals surface area contributed by atoms with E-state index in [9.17, 15) is 4.79 Å². The van der Waals surface area contributed by atoms with Crippen LogP contribution in [0.4, 0.5) is 4.79 Å². The number of rotatable bonds is 2. The Morgan fingerprint density at radius 2 is 1.93 bits per heavy atom. The van der Waals surface area contributed by atoms with Gasteiger partial charge in [-0.05, 0) is 51.8 Å². The third-order valence-corrected chi connectivity index (χ3v) is 4.89. The number of piperidine rings is 1. The minimum Gasteiger partial charge on any atom is -0.444 e. The van der Waals surface area contributed by atoms with Gasteiger partial charge >= 0.3 is 6.09 Å². The second-order valence-electron chi connectivity index (χ2n) is 8.19. The predicted octanol–water partition coefficient (Wildman–Crippen LogP) is 3.83. The normalized spacial score (nSPS) is 15.9. The van der Waals surface area contributed by atoms with Crippen molar-refractivity contribution in [3.8, 4) is 5.95 Å². The summed E-state index contributed by atoms with van der Waals surface area (Å²) in [5.74, 6) is 1.16. The zero-order valence-corrected chi connectivity index (χ0v) is 16.7. The molecule has 8 heteroatoms. The Balaban J connectivity index is 1.46. The average Bonchev–Trinajstić information content (AvgIpc) is 3.26. The number of benzene rings is 1. The highest BCUT2D eigenvalue weighted by atomic mass is 16.6. The molecular weight excluding hydrogens is 358 g/mol. The number of likely N-dealkylation sites (tertiary alicyclic amines) is 1. The molecule has 1 fully saturated rings. The van der Waals surface area contributed by atoms with Crippen molar-refractivity contribution in [2.24, 2.45) is 0 Å². The van der Waals surface area contributed by atoms with Gasteiger partial charge in [-0.15, -0.1) is 0 Å². The fraction of sp³-hybridized carbons (Fsp3) is 0.500. The Hall–Kier alpha value is -2.90. The van der Waals surface area contributed by atoms with Crippen LogP contribution < -0.4 is 0 Å². The molecule has 1 aliphatic heterocycles. The standard InChI is InChI=1S/C20H25N5O3/c1-13-15-7-5-6-8-16(15)25(22-13)18-21-17(28-23-18)14-9-11-24(12-10-14)19(26)27-20(2,3)4/h5-8,14H,9-12H2,1-4H3. The van der Waals surface area contributed by atoms with E-state index in [0.717, 1.165) is 29.4 Å². The van der Waals surface area contributed by atoms with Gasteiger partial charge in [0.2, 0.25) is 5.89 Å². The van der Waals surface area contributed by atoms with Crippen molar-refractivity contribution in [1.29, 1.82) is 0 Å². The predicted molar refractivity (Wildman–Crippen MR) is 103 cm³/mol. The SMILES string of the molecule is Cc1nn(-c2noc(C3CCN(C(=O)OC(C)(C)C)CC3)n2)c2ccccc12. The van der Waals surface area contributed by atoms with E-state index in [4.69, 9.17) is 9.26 Å². The maximum Gasteiger partial charge on any atom is 0.410 e. The number of fused-ring (bicyclic) bond motifs is 1. The second kappa shape index (κ2) is 6.92. The van der Waals surface area contributed by atoms with Crippen LogP contribution in [-0.4, -0.2) is 49.6 Å². The number of aryl methyl sites for hydroxylation is 1. The van der Waals surface area contributed by atoms with Crippen molar-refractivity contribution in [2.75, 3.05) is 13.1 Å². The highest BCUT2D eigenvalue weighted by Gasteiger charge is 2.30. The van der Waals surface area contributed by atoms with Crippen molar-refractivity contribution < 1.29 is 14.1 Å². The quantitative estimate of drug-likeness (QED) is 0.668. The number of hydrogen-bond acceptors (Lipinski definition) is 6. The molecule has 3 aromatic rings.